The Hall–Kier alpha value is -2.86. The summed E-state index contributed by atoms with van der Waals surface area (Å²) >= 11 is 5.94. The highest BCUT2D eigenvalue weighted by molar-refractivity contribution is 6.30. The fraction of sp³-hybridized carbons (Fsp3) is 0.250. The molecule has 1 heterocycles. The largest absolute Gasteiger partial charge is 0.326 e. The first-order valence-corrected chi connectivity index (χ1v) is 8.96. The summed E-state index contributed by atoms with van der Waals surface area (Å²) in [5, 5.41) is 6.17. The summed E-state index contributed by atoms with van der Waals surface area (Å²) in [5.74, 6) is -0.954. The summed E-state index contributed by atoms with van der Waals surface area (Å²) < 4.78 is 0. The molecular weight excluding hydrogens is 366 g/mol. The molecule has 1 aliphatic heterocycles. The molecule has 1 atom stereocenters. The average Bonchev–Trinajstić information content (AvgIpc) is 2.99. The number of anilines is 3. The summed E-state index contributed by atoms with van der Waals surface area (Å²) in [5.41, 5.74) is 2.81. The third kappa shape index (κ3) is 4.46. The Morgan fingerprint density at radius 2 is 1.93 bits per heavy atom. The van der Waals surface area contributed by atoms with Crippen molar-refractivity contribution in [3.63, 3.8) is 0 Å². The van der Waals surface area contributed by atoms with E-state index >= 15 is 0 Å². The Kier molecular flexibility index (Phi) is 5.46. The second kappa shape index (κ2) is 7.80. The Bertz CT molecular complexity index is 913. The van der Waals surface area contributed by atoms with Crippen LogP contribution in [0.4, 0.5) is 17.1 Å². The molecule has 140 valence electrons. The molecule has 0 bridgehead atoms. The van der Waals surface area contributed by atoms with Gasteiger partial charge in [-0.25, -0.2) is 0 Å². The van der Waals surface area contributed by atoms with Crippen molar-refractivity contribution < 1.29 is 14.4 Å². The van der Waals surface area contributed by atoms with Crippen LogP contribution in [-0.4, -0.2) is 24.3 Å². The first-order chi connectivity index (χ1) is 12.8. The maximum absolute atomic E-state index is 12.6. The highest BCUT2D eigenvalue weighted by Crippen LogP contribution is 2.28. The van der Waals surface area contributed by atoms with E-state index in [1.54, 1.807) is 47.4 Å². The lowest BCUT2D eigenvalue weighted by Gasteiger charge is -2.18. The van der Waals surface area contributed by atoms with Crippen LogP contribution >= 0.6 is 11.6 Å². The number of halogens is 1. The maximum Gasteiger partial charge on any atom is 0.229 e. The van der Waals surface area contributed by atoms with Crippen molar-refractivity contribution in [1.82, 2.24) is 0 Å². The van der Waals surface area contributed by atoms with Crippen LogP contribution in [0, 0.1) is 12.8 Å². The number of carbonyl (C=O) groups is 3. The van der Waals surface area contributed by atoms with Gasteiger partial charge in [-0.05, 0) is 48.9 Å². The Balaban J connectivity index is 1.71. The highest BCUT2D eigenvalue weighted by Gasteiger charge is 2.35. The van der Waals surface area contributed by atoms with Gasteiger partial charge in [0.1, 0.15) is 0 Å². The summed E-state index contributed by atoms with van der Waals surface area (Å²) in [6, 6.07) is 12.3. The molecule has 0 unspecified atom stereocenters. The fourth-order valence-electron chi connectivity index (χ4n) is 3.09. The van der Waals surface area contributed by atoms with E-state index in [9.17, 15) is 14.4 Å². The van der Waals surface area contributed by atoms with Gasteiger partial charge in [-0.15, -0.1) is 0 Å². The number of nitrogens with one attached hydrogen (secondary N) is 2. The Morgan fingerprint density at radius 3 is 2.63 bits per heavy atom. The van der Waals surface area contributed by atoms with E-state index in [2.05, 4.69) is 10.6 Å². The van der Waals surface area contributed by atoms with Crippen LogP contribution in [0.3, 0.4) is 0 Å². The third-order valence-corrected chi connectivity index (χ3v) is 4.66. The van der Waals surface area contributed by atoms with Crippen LogP contribution < -0.4 is 15.5 Å². The number of hydrogen-bond acceptors (Lipinski definition) is 3. The topological polar surface area (TPSA) is 78.5 Å². The molecule has 6 nitrogen and oxygen atoms in total. The zero-order valence-electron chi connectivity index (χ0n) is 15.1. The molecule has 27 heavy (non-hydrogen) atoms. The zero-order chi connectivity index (χ0) is 19.6. The maximum atomic E-state index is 12.6. The predicted molar refractivity (Wildman–Crippen MR) is 106 cm³/mol. The van der Waals surface area contributed by atoms with E-state index in [1.807, 2.05) is 6.92 Å². The lowest BCUT2D eigenvalue weighted by Crippen LogP contribution is -2.28. The lowest BCUT2D eigenvalue weighted by molar-refractivity contribution is -0.122. The van der Waals surface area contributed by atoms with Crippen molar-refractivity contribution >= 4 is 46.4 Å². The lowest BCUT2D eigenvalue weighted by atomic mass is 10.1. The molecule has 0 radical (unpaired) electrons. The number of carbonyl (C=O) groups excluding carboxylic acids is 3. The Labute approximate surface area is 162 Å². The number of rotatable bonds is 4. The molecule has 3 rings (SSSR count). The molecule has 1 fully saturated rings. The van der Waals surface area contributed by atoms with Gasteiger partial charge in [-0.1, -0.05) is 17.7 Å². The van der Waals surface area contributed by atoms with E-state index in [4.69, 9.17) is 11.6 Å². The van der Waals surface area contributed by atoms with E-state index in [1.165, 1.54) is 6.92 Å². The number of amides is 3. The minimum atomic E-state index is -0.447. The molecule has 0 saturated carbocycles. The van der Waals surface area contributed by atoms with Crippen LogP contribution in [0.1, 0.15) is 18.9 Å². The summed E-state index contributed by atoms with van der Waals surface area (Å²) in [7, 11) is 0. The fourth-order valence-corrected chi connectivity index (χ4v) is 3.32. The second-order valence-electron chi connectivity index (χ2n) is 6.59. The van der Waals surface area contributed by atoms with E-state index in [-0.39, 0.29) is 24.1 Å². The molecule has 2 aromatic carbocycles. The molecule has 2 N–H and O–H groups in total. The van der Waals surface area contributed by atoms with Gasteiger partial charge in [0.15, 0.2) is 0 Å². The average molecular weight is 386 g/mol. The highest BCUT2D eigenvalue weighted by atomic mass is 35.5. The van der Waals surface area contributed by atoms with Crippen LogP contribution in [0.5, 0.6) is 0 Å². The predicted octanol–water partition coefficient (Wildman–Crippen LogP) is 3.60. The monoisotopic (exact) mass is 385 g/mol. The SMILES string of the molecule is CC(=O)Nc1cccc(N2C[C@@H](C(=O)Nc3ccc(Cl)cc3C)CC2=O)c1. The zero-order valence-corrected chi connectivity index (χ0v) is 15.8. The van der Waals surface area contributed by atoms with Gasteiger partial charge in [0.2, 0.25) is 17.7 Å². The van der Waals surface area contributed by atoms with Crippen LogP contribution in [0.2, 0.25) is 5.02 Å². The number of aryl methyl sites for hydroxylation is 1. The Morgan fingerprint density at radius 1 is 1.15 bits per heavy atom. The van der Waals surface area contributed by atoms with Crippen LogP contribution in [0.15, 0.2) is 42.5 Å². The smallest absolute Gasteiger partial charge is 0.229 e. The summed E-state index contributed by atoms with van der Waals surface area (Å²) in [6.07, 6.45) is 0.142. The third-order valence-electron chi connectivity index (χ3n) is 4.42. The molecule has 0 aliphatic carbocycles. The van der Waals surface area contributed by atoms with Crippen LogP contribution in [-0.2, 0) is 14.4 Å². The van der Waals surface area contributed by atoms with Gasteiger partial charge in [-0.2, -0.15) is 0 Å². The summed E-state index contributed by atoms with van der Waals surface area (Å²) in [6.45, 7) is 3.58. The van der Waals surface area contributed by atoms with Gasteiger partial charge >= 0.3 is 0 Å². The van der Waals surface area contributed by atoms with Gasteiger partial charge < -0.3 is 15.5 Å². The van der Waals surface area contributed by atoms with Crippen molar-refractivity contribution in [3.8, 4) is 0 Å². The van der Waals surface area contributed by atoms with Crippen molar-refractivity contribution in [2.45, 2.75) is 20.3 Å². The molecule has 1 saturated heterocycles. The van der Waals surface area contributed by atoms with E-state index in [0.29, 0.717) is 28.6 Å². The normalized spacial score (nSPS) is 16.3. The molecule has 7 heteroatoms. The van der Waals surface area contributed by atoms with E-state index < -0.39 is 5.92 Å². The molecule has 0 aromatic heterocycles. The van der Waals surface area contributed by atoms with Gasteiger partial charge in [0.25, 0.3) is 0 Å². The minimum Gasteiger partial charge on any atom is -0.326 e. The van der Waals surface area contributed by atoms with Gasteiger partial charge in [0.05, 0.1) is 5.92 Å². The number of hydrogen-bond donors (Lipinski definition) is 2. The quantitative estimate of drug-likeness (QED) is 0.844. The summed E-state index contributed by atoms with van der Waals surface area (Å²) in [4.78, 5) is 37.8. The standard InChI is InChI=1S/C20H20ClN3O3/c1-12-8-15(21)6-7-18(12)23-20(27)14-9-19(26)24(11-14)17-5-3-4-16(10-17)22-13(2)25/h3-8,10,14H,9,11H2,1-2H3,(H,22,25)(H,23,27)/t14-/m0/s1. The first kappa shape index (κ1) is 18.9. The molecule has 3 amide bonds. The molecule has 1 aliphatic rings. The van der Waals surface area contributed by atoms with Gasteiger partial charge in [0, 0.05) is 42.0 Å². The van der Waals surface area contributed by atoms with Crippen molar-refractivity contribution in [1.29, 1.82) is 0 Å². The number of benzene rings is 2. The van der Waals surface area contributed by atoms with Crippen LogP contribution in [0.25, 0.3) is 0 Å². The van der Waals surface area contributed by atoms with Crippen molar-refractivity contribution in [3.05, 3.63) is 53.1 Å². The number of nitrogens with zero attached hydrogens (tertiary/aromatic N) is 1. The minimum absolute atomic E-state index is 0.122. The van der Waals surface area contributed by atoms with Gasteiger partial charge in [-0.3, -0.25) is 14.4 Å². The second-order valence-corrected chi connectivity index (χ2v) is 7.02. The van der Waals surface area contributed by atoms with Crippen molar-refractivity contribution in [2.75, 3.05) is 22.1 Å². The first-order valence-electron chi connectivity index (χ1n) is 8.58. The van der Waals surface area contributed by atoms with E-state index in [0.717, 1.165) is 5.56 Å². The molecule has 0 spiro atoms. The molecular formula is C20H20ClN3O3. The van der Waals surface area contributed by atoms with Crippen molar-refractivity contribution in [2.24, 2.45) is 5.92 Å². The molecule has 2 aromatic rings.